The van der Waals surface area contributed by atoms with Crippen molar-refractivity contribution in [1.82, 2.24) is 4.98 Å². The summed E-state index contributed by atoms with van der Waals surface area (Å²) in [6, 6.07) is 64.7. The van der Waals surface area contributed by atoms with Gasteiger partial charge in [-0.3, -0.25) is 0 Å². The first kappa shape index (κ1) is 32.5. The zero-order valence-corrected chi connectivity index (χ0v) is 29.8. The van der Waals surface area contributed by atoms with Crippen LogP contribution in [0.4, 0.5) is 0 Å². The lowest BCUT2D eigenvalue weighted by Crippen LogP contribution is -2.05. The van der Waals surface area contributed by atoms with Crippen molar-refractivity contribution in [1.29, 1.82) is 0 Å². The Morgan fingerprint density at radius 3 is 1.26 bits per heavy atom. The maximum absolute atomic E-state index is 13.7. The first-order valence-corrected chi connectivity index (χ1v) is 19.6. The molecule has 0 saturated heterocycles. The molecule has 0 spiro atoms. The number of aromatic nitrogens is 1. The van der Waals surface area contributed by atoms with Crippen molar-refractivity contribution >= 4 is 9.84 Å². The summed E-state index contributed by atoms with van der Waals surface area (Å²) in [5.41, 5.74) is 15.9. The van der Waals surface area contributed by atoms with E-state index in [1.807, 2.05) is 60.7 Å². The summed E-state index contributed by atoms with van der Waals surface area (Å²) in [5, 5.41) is 0. The van der Waals surface area contributed by atoms with E-state index in [0.717, 1.165) is 89.3 Å². The Morgan fingerprint density at radius 1 is 0.321 bits per heavy atom. The van der Waals surface area contributed by atoms with Crippen LogP contribution in [0.5, 0.6) is 0 Å². The molecule has 0 fully saturated rings. The van der Waals surface area contributed by atoms with Crippen molar-refractivity contribution in [3.05, 3.63) is 199 Å². The van der Waals surface area contributed by atoms with Crippen molar-refractivity contribution in [2.24, 2.45) is 0 Å². The molecule has 1 aliphatic rings. The molecule has 0 atom stereocenters. The van der Waals surface area contributed by atoms with Gasteiger partial charge in [0.1, 0.15) is 0 Å². The molecule has 0 bridgehead atoms. The Bertz CT molecular complexity index is 2590. The molecule has 4 heteroatoms. The molecular weight excluding hydrogens is 667 g/mol. The molecule has 0 radical (unpaired) electrons. The maximum atomic E-state index is 13.7. The molecule has 2 heterocycles. The van der Waals surface area contributed by atoms with Crippen LogP contribution in [0.3, 0.4) is 0 Å². The molecule has 7 aromatic carbocycles. The minimum atomic E-state index is -3.42. The molecule has 0 N–H and O–H groups in total. The number of benzene rings is 7. The quantitative estimate of drug-likeness (QED) is 0.173. The van der Waals surface area contributed by atoms with E-state index in [0.29, 0.717) is 0 Å². The number of sulfone groups is 1. The lowest BCUT2D eigenvalue weighted by Gasteiger charge is -2.15. The van der Waals surface area contributed by atoms with Crippen molar-refractivity contribution in [3.8, 4) is 78.1 Å². The summed E-state index contributed by atoms with van der Waals surface area (Å²) in [6.07, 6.45) is 0. The molecule has 0 aliphatic carbocycles. The lowest BCUT2D eigenvalue weighted by atomic mass is 9.89. The van der Waals surface area contributed by atoms with Crippen LogP contribution in [0.15, 0.2) is 188 Å². The number of pyridine rings is 1. The van der Waals surface area contributed by atoms with Crippen molar-refractivity contribution in [2.75, 3.05) is 0 Å². The van der Waals surface area contributed by atoms with E-state index in [4.69, 9.17) is 4.98 Å². The molecule has 1 aliphatic heterocycles. The zero-order valence-electron chi connectivity index (χ0n) is 29.0. The first-order valence-electron chi connectivity index (χ1n) is 17.8. The van der Waals surface area contributed by atoms with Crippen LogP contribution in [-0.4, -0.2) is 13.4 Å². The molecular formula is C49H35NO2S. The van der Waals surface area contributed by atoms with E-state index in [1.165, 1.54) is 0 Å². The second kappa shape index (κ2) is 13.6. The number of hydrogen-bond acceptors (Lipinski definition) is 3. The third kappa shape index (κ3) is 6.73. The van der Waals surface area contributed by atoms with Crippen LogP contribution in [0.2, 0.25) is 0 Å². The van der Waals surface area contributed by atoms with Gasteiger partial charge in [-0.25, -0.2) is 13.4 Å². The van der Waals surface area contributed by atoms with Crippen molar-refractivity contribution in [2.45, 2.75) is 11.5 Å². The molecule has 0 saturated carbocycles. The van der Waals surface area contributed by atoms with Crippen molar-refractivity contribution in [3.63, 3.8) is 0 Å². The molecule has 53 heavy (non-hydrogen) atoms. The van der Waals surface area contributed by atoms with Gasteiger partial charge in [-0.2, -0.15) is 0 Å². The second-order valence-corrected chi connectivity index (χ2v) is 15.7. The van der Waals surface area contributed by atoms with Crippen LogP contribution in [0.25, 0.3) is 78.1 Å². The van der Waals surface area contributed by atoms with Crippen LogP contribution in [0.1, 0.15) is 11.1 Å². The average molecular weight is 702 g/mol. The monoisotopic (exact) mass is 701 g/mol. The van der Waals surface area contributed by atoms with Gasteiger partial charge in [-0.15, -0.1) is 0 Å². The van der Waals surface area contributed by atoms with Crippen LogP contribution in [-0.2, 0) is 21.3 Å². The maximum Gasteiger partial charge on any atom is 0.158 e. The molecule has 8 aromatic rings. The van der Waals surface area contributed by atoms with E-state index in [1.54, 1.807) is 0 Å². The Hall–Kier alpha value is -6.36. The van der Waals surface area contributed by atoms with Gasteiger partial charge in [0.15, 0.2) is 9.84 Å². The van der Waals surface area contributed by atoms with Gasteiger partial charge in [-0.1, -0.05) is 146 Å². The molecule has 1 aromatic heterocycles. The topological polar surface area (TPSA) is 47.0 Å². The second-order valence-electron chi connectivity index (χ2n) is 13.7. The van der Waals surface area contributed by atoms with E-state index >= 15 is 0 Å². The van der Waals surface area contributed by atoms with Gasteiger partial charge in [0.2, 0.25) is 0 Å². The molecule has 3 nitrogen and oxygen atoms in total. The molecule has 9 rings (SSSR count). The number of fused-ring (bicyclic) bond motifs is 3. The fourth-order valence-electron chi connectivity index (χ4n) is 7.41. The predicted octanol–water partition coefficient (Wildman–Crippen LogP) is 12.2. The zero-order chi connectivity index (χ0) is 35.8. The van der Waals surface area contributed by atoms with Gasteiger partial charge in [0.05, 0.1) is 22.9 Å². The Balaban J connectivity index is 1.18. The summed E-state index contributed by atoms with van der Waals surface area (Å²) in [6.45, 7) is 0. The summed E-state index contributed by atoms with van der Waals surface area (Å²) in [5.74, 6) is -0.0230. The van der Waals surface area contributed by atoms with Gasteiger partial charge in [0.25, 0.3) is 0 Å². The standard InChI is InChI=1S/C49H35NO2S/c51-53(52)32-40-22-21-39(44-30-48(36-17-9-3-10-18-36)50-49(31-44)37-19-11-4-12-20-37)29-47(40)46-24-23-38(25-45(46)33-53)43-27-41(34-13-5-1-6-14-34)26-42(28-43)35-15-7-2-8-16-35/h1-31H,32-33H2. The summed E-state index contributed by atoms with van der Waals surface area (Å²) < 4.78 is 27.3. The summed E-state index contributed by atoms with van der Waals surface area (Å²) >= 11 is 0. The average Bonchev–Trinajstić information content (AvgIpc) is 3.33. The first-order chi connectivity index (χ1) is 26.0. The van der Waals surface area contributed by atoms with E-state index in [-0.39, 0.29) is 11.5 Å². The van der Waals surface area contributed by atoms with E-state index < -0.39 is 9.84 Å². The molecule has 254 valence electrons. The largest absolute Gasteiger partial charge is 0.248 e. The van der Waals surface area contributed by atoms with Crippen LogP contribution >= 0.6 is 0 Å². The fraction of sp³-hybridized carbons (Fsp3) is 0.0408. The lowest BCUT2D eigenvalue weighted by molar-refractivity contribution is 0.595. The van der Waals surface area contributed by atoms with Crippen LogP contribution in [0, 0.1) is 0 Å². The van der Waals surface area contributed by atoms with Crippen molar-refractivity contribution < 1.29 is 8.42 Å². The normalized spacial score (nSPS) is 13.1. The van der Waals surface area contributed by atoms with Gasteiger partial charge in [0, 0.05) is 11.1 Å². The highest BCUT2D eigenvalue weighted by atomic mass is 32.2. The predicted molar refractivity (Wildman–Crippen MR) is 219 cm³/mol. The van der Waals surface area contributed by atoms with Gasteiger partial charge < -0.3 is 0 Å². The SMILES string of the molecule is O=S1(=O)Cc2cc(-c3cc(-c4ccccc4)cc(-c4ccccc4)c3)ccc2-c2cc(-c3cc(-c4ccccc4)nc(-c4ccccc4)c3)ccc2C1. The highest BCUT2D eigenvalue weighted by Crippen LogP contribution is 2.41. The van der Waals surface area contributed by atoms with E-state index in [2.05, 4.69) is 127 Å². The molecule has 0 unspecified atom stereocenters. The number of rotatable bonds is 6. The highest BCUT2D eigenvalue weighted by molar-refractivity contribution is 7.89. The van der Waals surface area contributed by atoms with Gasteiger partial charge in [-0.05, 0) is 109 Å². The minimum absolute atomic E-state index is 0.00481. The van der Waals surface area contributed by atoms with Gasteiger partial charge >= 0.3 is 0 Å². The Labute approximate surface area is 310 Å². The Kier molecular flexibility index (Phi) is 8.38. The Morgan fingerprint density at radius 2 is 0.736 bits per heavy atom. The fourth-order valence-corrected chi connectivity index (χ4v) is 8.95. The van der Waals surface area contributed by atoms with Crippen LogP contribution < -0.4 is 0 Å². The highest BCUT2D eigenvalue weighted by Gasteiger charge is 2.25. The minimum Gasteiger partial charge on any atom is -0.248 e. The smallest absolute Gasteiger partial charge is 0.158 e. The number of nitrogens with zero attached hydrogens (tertiary/aromatic N) is 1. The third-order valence-corrected chi connectivity index (χ3v) is 11.5. The van der Waals surface area contributed by atoms with E-state index in [9.17, 15) is 8.42 Å². The third-order valence-electron chi connectivity index (χ3n) is 10.0. The summed E-state index contributed by atoms with van der Waals surface area (Å²) in [7, 11) is -3.42. The number of hydrogen-bond donors (Lipinski definition) is 0. The summed E-state index contributed by atoms with van der Waals surface area (Å²) in [4.78, 5) is 5.07. The molecule has 0 amide bonds.